The standard InChI is InChI=1S/C20H19N3O2/c1-14-7-6-8-15(2)20(14)22-18(24)12-23-13-21-17(11-19(23)25)16-9-4-3-5-10-16/h3-11,13H,12H2,1-2H3,(H,22,24). The van der Waals surface area contributed by atoms with E-state index in [-0.39, 0.29) is 18.0 Å². The van der Waals surface area contributed by atoms with E-state index >= 15 is 0 Å². The smallest absolute Gasteiger partial charge is 0.254 e. The molecule has 1 N–H and O–H groups in total. The van der Waals surface area contributed by atoms with Gasteiger partial charge in [0.1, 0.15) is 6.54 Å². The number of aromatic nitrogens is 2. The van der Waals surface area contributed by atoms with Gasteiger partial charge in [-0.2, -0.15) is 0 Å². The van der Waals surface area contributed by atoms with Crippen molar-refractivity contribution in [3.8, 4) is 11.3 Å². The summed E-state index contributed by atoms with van der Waals surface area (Å²) < 4.78 is 1.30. The number of anilines is 1. The fraction of sp³-hybridized carbons (Fsp3) is 0.150. The van der Waals surface area contributed by atoms with E-state index in [1.807, 2.05) is 62.4 Å². The lowest BCUT2D eigenvalue weighted by atomic mass is 10.1. The molecule has 0 atom stereocenters. The average molecular weight is 333 g/mol. The number of carbonyl (C=O) groups excluding carboxylic acids is 1. The Hall–Kier alpha value is -3.21. The zero-order valence-electron chi connectivity index (χ0n) is 14.2. The molecule has 0 fully saturated rings. The maximum atomic E-state index is 12.3. The molecule has 0 bridgehead atoms. The molecule has 0 aliphatic carbocycles. The molecule has 126 valence electrons. The Balaban J connectivity index is 1.77. The van der Waals surface area contributed by atoms with Crippen LogP contribution in [0.15, 0.2) is 65.7 Å². The molecule has 0 spiro atoms. The van der Waals surface area contributed by atoms with E-state index in [0.29, 0.717) is 5.69 Å². The molecule has 0 saturated heterocycles. The minimum atomic E-state index is -0.259. The molecule has 3 aromatic rings. The van der Waals surface area contributed by atoms with Crippen LogP contribution in [0.4, 0.5) is 5.69 Å². The Morgan fingerprint density at radius 1 is 1.04 bits per heavy atom. The number of rotatable bonds is 4. The highest BCUT2D eigenvalue weighted by atomic mass is 16.2. The van der Waals surface area contributed by atoms with Crippen molar-refractivity contribution in [2.24, 2.45) is 0 Å². The van der Waals surface area contributed by atoms with Gasteiger partial charge < -0.3 is 5.32 Å². The van der Waals surface area contributed by atoms with Crippen LogP contribution in [0.1, 0.15) is 11.1 Å². The minimum absolute atomic E-state index is 0.0747. The van der Waals surface area contributed by atoms with Gasteiger partial charge in [-0.1, -0.05) is 48.5 Å². The van der Waals surface area contributed by atoms with Crippen molar-refractivity contribution in [3.05, 3.63) is 82.4 Å². The summed E-state index contributed by atoms with van der Waals surface area (Å²) in [6.07, 6.45) is 1.41. The third-order valence-electron chi connectivity index (χ3n) is 4.01. The van der Waals surface area contributed by atoms with Crippen LogP contribution >= 0.6 is 0 Å². The number of carbonyl (C=O) groups is 1. The molecule has 1 amide bonds. The monoisotopic (exact) mass is 333 g/mol. The van der Waals surface area contributed by atoms with E-state index in [2.05, 4.69) is 10.3 Å². The van der Waals surface area contributed by atoms with E-state index in [9.17, 15) is 9.59 Å². The molecule has 5 heteroatoms. The molecule has 5 nitrogen and oxygen atoms in total. The summed E-state index contributed by atoms with van der Waals surface area (Å²) >= 11 is 0. The summed E-state index contributed by atoms with van der Waals surface area (Å²) in [5.74, 6) is -0.256. The molecule has 3 rings (SSSR count). The molecule has 0 saturated carbocycles. The fourth-order valence-corrected chi connectivity index (χ4v) is 2.66. The van der Waals surface area contributed by atoms with E-state index in [0.717, 1.165) is 22.4 Å². The number of amides is 1. The van der Waals surface area contributed by atoms with Crippen LogP contribution in [0.25, 0.3) is 11.3 Å². The van der Waals surface area contributed by atoms with Crippen molar-refractivity contribution in [1.82, 2.24) is 9.55 Å². The van der Waals surface area contributed by atoms with Gasteiger partial charge in [0.15, 0.2) is 0 Å². The Kier molecular flexibility index (Phi) is 4.75. The molecule has 1 heterocycles. The molecule has 2 aromatic carbocycles. The highest BCUT2D eigenvalue weighted by molar-refractivity contribution is 5.92. The Bertz CT molecular complexity index is 942. The summed E-state index contributed by atoms with van der Waals surface area (Å²) in [6.45, 7) is 3.80. The van der Waals surface area contributed by atoms with E-state index in [1.54, 1.807) is 0 Å². The van der Waals surface area contributed by atoms with Gasteiger partial charge in [-0.25, -0.2) is 4.98 Å². The normalized spacial score (nSPS) is 10.5. The molecule has 0 unspecified atom stereocenters. The van der Waals surface area contributed by atoms with Crippen LogP contribution in [0.2, 0.25) is 0 Å². The average Bonchev–Trinajstić information content (AvgIpc) is 2.61. The van der Waals surface area contributed by atoms with Crippen molar-refractivity contribution >= 4 is 11.6 Å². The third kappa shape index (κ3) is 3.83. The SMILES string of the molecule is Cc1cccc(C)c1NC(=O)Cn1cnc(-c2ccccc2)cc1=O. The van der Waals surface area contributed by atoms with Crippen molar-refractivity contribution in [2.75, 3.05) is 5.32 Å². The summed E-state index contributed by atoms with van der Waals surface area (Å²) in [4.78, 5) is 28.9. The Morgan fingerprint density at radius 2 is 1.72 bits per heavy atom. The van der Waals surface area contributed by atoms with E-state index in [1.165, 1.54) is 17.0 Å². The number of nitrogens with zero attached hydrogens (tertiary/aromatic N) is 2. The molecular weight excluding hydrogens is 314 g/mol. The first-order valence-corrected chi connectivity index (χ1v) is 8.02. The van der Waals surface area contributed by atoms with E-state index in [4.69, 9.17) is 0 Å². The molecule has 25 heavy (non-hydrogen) atoms. The van der Waals surface area contributed by atoms with Gasteiger partial charge in [-0.3, -0.25) is 14.2 Å². The number of aryl methyl sites for hydroxylation is 2. The zero-order valence-corrected chi connectivity index (χ0v) is 14.2. The lowest BCUT2D eigenvalue weighted by Gasteiger charge is -2.12. The number of hydrogen-bond donors (Lipinski definition) is 1. The van der Waals surface area contributed by atoms with E-state index < -0.39 is 0 Å². The van der Waals surface area contributed by atoms with Crippen molar-refractivity contribution in [2.45, 2.75) is 20.4 Å². The van der Waals surface area contributed by atoms with Crippen LogP contribution < -0.4 is 10.9 Å². The van der Waals surface area contributed by atoms with Crippen molar-refractivity contribution in [3.63, 3.8) is 0 Å². The zero-order chi connectivity index (χ0) is 17.8. The lowest BCUT2D eigenvalue weighted by Crippen LogP contribution is -2.27. The molecular formula is C20H19N3O2. The van der Waals surface area contributed by atoms with Crippen LogP contribution in [-0.2, 0) is 11.3 Å². The summed E-state index contributed by atoms with van der Waals surface area (Å²) in [6, 6.07) is 16.7. The van der Waals surface area contributed by atoms with Gasteiger partial charge in [0.25, 0.3) is 5.56 Å². The van der Waals surface area contributed by atoms with Crippen LogP contribution in [0.3, 0.4) is 0 Å². The van der Waals surface area contributed by atoms with Crippen molar-refractivity contribution in [1.29, 1.82) is 0 Å². The van der Waals surface area contributed by atoms with Gasteiger partial charge in [0.05, 0.1) is 12.0 Å². The molecule has 1 aromatic heterocycles. The highest BCUT2D eigenvalue weighted by Crippen LogP contribution is 2.19. The van der Waals surface area contributed by atoms with Crippen molar-refractivity contribution < 1.29 is 4.79 Å². The highest BCUT2D eigenvalue weighted by Gasteiger charge is 2.10. The largest absolute Gasteiger partial charge is 0.324 e. The predicted octanol–water partition coefficient (Wildman–Crippen LogP) is 3.17. The first kappa shape index (κ1) is 16.6. The minimum Gasteiger partial charge on any atom is -0.324 e. The first-order chi connectivity index (χ1) is 12.0. The van der Waals surface area contributed by atoms with Gasteiger partial charge in [-0.05, 0) is 25.0 Å². The Labute approximate surface area is 146 Å². The number of benzene rings is 2. The second kappa shape index (κ2) is 7.13. The van der Waals surface area contributed by atoms with Gasteiger partial charge in [0.2, 0.25) is 5.91 Å². The Morgan fingerprint density at radius 3 is 2.36 bits per heavy atom. The van der Waals surface area contributed by atoms with Crippen LogP contribution in [0, 0.1) is 13.8 Å². The fourth-order valence-electron chi connectivity index (χ4n) is 2.66. The van der Waals surface area contributed by atoms with Gasteiger partial charge >= 0.3 is 0 Å². The van der Waals surface area contributed by atoms with Crippen LogP contribution in [-0.4, -0.2) is 15.5 Å². The van der Waals surface area contributed by atoms with Gasteiger partial charge in [0, 0.05) is 17.3 Å². The third-order valence-corrected chi connectivity index (χ3v) is 4.01. The molecule has 0 aliphatic rings. The maximum Gasteiger partial charge on any atom is 0.254 e. The molecule has 0 radical (unpaired) electrons. The van der Waals surface area contributed by atoms with Crippen LogP contribution in [0.5, 0.6) is 0 Å². The lowest BCUT2D eigenvalue weighted by molar-refractivity contribution is -0.116. The predicted molar refractivity (Wildman–Crippen MR) is 98.5 cm³/mol. The quantitative estimate of drug-likeness (QED) is 0.797. The second-order valence-corrected chi connectivity index (χ2v) is 5.92. The second-order valence-electron chi connectivity index (χ2n) is 5.92. The number of hydrogen-bond acceptors (Lipinski definition) is 3. The maximum absolute atomic E-state index is 12.3. The first-order valence-electron chi connectivity index (χ1n) is 8.02. The number of nitrogens with one attached hydrogen (secondary N) is 1. The number of para-hydroxylation sites is 1. The van der Waals surface area contributed by atoms with Gasteiger partial charge in [-0.15, -0.1) is 0 Å². The molecule has 0 aliphatic heterocycles. The summed E-state index contributed by atoms with van der Waals surface area (Å²) in [5, 5.41) is 2.87. The topological polar surface area (TPSA) is 64.0 Å². The summed E-state index contributed by atoms with van der Waals surface area (Å²) in [5.41, 5.74) is 3.96. The summed E-state index contributed by atoms with van der Waals surface area (Å²) in [7, 11) is 0.